The molecular formula is C25H25NO5. The number of esters is 1. The zero-order valence-electron chi connectivity index (χ0n) is 17.4. The molecule has 3 N–H and O–H groups in total. The van der Waals surface area contributed by atoms with Crippen molar-refractivity contribution in [2.75, 3.05) is 7.11 Å². The maximum Gasteiger partial charge on any atom is 0.310 e. The van der Waals surface area contributed by atoms with Crippen LogP contribution in [0.25, 0.3) is 11.1 Å². The molecule has 0 radical (unpaired) electrons. The Morgan fingerprint density at radius 1 is 1.06 bits per heavy atom. The SMILES string of the molecule is COC(=O)Cc1ccc(CO)cc1OCc1ccc2c(c1)-c1cccc(CN)c1OC2. The first-order chi connectivity index (χ1) is 15.1. The Kier molecular flexibility index (Phi) is 6.21. The summed E-state index contributed by atoms with van der Waals surface area (Å²) < 4.78 is 16.8. The lowest BCUT2D eigenvalue weighted by Gasteiger charge is -2.23. The first-order valence-electron chi connectivity index (χ1n) is 10.1. The van der Waals surface area contributed by atoms with Crippen molar-refractivity contribution in [1.29, 1.82) is 0 Å². The number of hydrogen-bond donors (Lipinski definition) is 2. The van der Waals surface area contributed by atoms with E-state index in [0.29, 0.717) is 31.1 Å². The molecule has 160 valence electrons. The predicted molar refractivity (Wildman–Crippen MR) is 117 cm³/mol. The smallest absolute Gasteiger partial charge is 0.310 e. The number of ether oxygens (including phenoxy) is 3. The number of aliphatic hydroxyl groups is 1. The summed E-state index contributed by atoms with van der Waals surface area (Å²) in [6.07, 6.45) is 0.105. The molecule has 0 spiro atoms. The monoisotopic (exact) mass is 419 g/mol. The minimum atomic E-state index is -0.345. The van der Waals surface area contributed by atoms with Crippen LogP contribution in [0.4, 0.5) is 0 Å². The zero-order chi connectivity index (χ0) is 21.8. The summed E-state index contributed by atoms with van der Waals surface area (Å²) in [6, 6.07) is 17.5. The third kappa shape index (κ3) is 4.40. The lowest BCUT2D eigenvalue weighted by molar-refractivity contribution is -0.139. The van der Waals surface area contributed by atoms with Crippen molar-refractivity contribution < 1.29 is 24.1 Å². The van der Waals surface area contributed by atoms with Gasteiger partial charge >= 0.3 is 5.97 Å². The molecule has 0 fully saturated rings. The Hall–Kier alpha value is -3.35. The molecule has 1 heterocycles. The maximum atomic E-state index is 11.7. The van der Waals surface area contributed by atoms with E-state index in [0.717, 1.165) is 39.1 Å². The second-order valence-electron chi connectivity index (χ2n) is 7.42. The fraction of sp³-hybridized carbons (Fsp3) is 0.240. The van der Waals surface area contributed by atoms with Gasteiger partial charge in [0.05, 0.1) is 20.1 Å². The fourth-order valence-corrected chi connectivity index (χ4v) is 3.73. The minimum Gasteiger partial charge on any atom is -0.489 e. The average molecular weight is 419 g/mol. The number of carbonyl (C=O) groups excluding carboxylic acids is 1. The van der Waals surface area contributed by atoms with Gasteiger partial charge in [-0.05, 0) is 34.4 Å². The molecule has 0 aromatic heterocycles. The molecule has 0 saturated carbocycles. The second-order valence-corrected chi connectivity index (χ2v) is 7.42. The number of para-hydroxylation sites is 1. The quantitative estimate of drug-likeness (QED) is 0.570. The van der Waals surface area contributed by atoms with Gasteiger partial charge in [0.2, 0.25) is 0 Å². The molecule has 31 heavy (non-hydrogen) atoms. The van der Waals surface area contributed by atoms with E-state index >= 15 is 0 Å². The van der Waals surface area contributed by atoms with Crippen LogP contribution in [0.15, 0.2) is 54.6 Å². The Labute approximate surface area is 181 Å². The molecule has 0 aliphatic carbocycles. The molecule has 1 aliphatic heterocycles. The number of methoxy groups -OCH3 is 1. The van der Waals surface area contributed by atoms with Crippen LogP contribution in [0.5, 0.6) is 11.5 Å². The van der Waals surface area contributed by atoms with Crippen molar-refractivity contribution in [2.45, 2.75) is 32.8 Å². The van der Waals surface area contributed by atoms with E-state index in [1.165, 1.54) is 7.11 Å². The number of hydrogen-bond acceptors (Lipinski definition) is 6. The Balaban J connectivity index is 1.60. The van der Waals surface area contributed by atoms with Crippen molar-refractivity contribution in [3.05, 3.63) is 82.4 Å². The lowest BCUT2D eigenvalue weighted by Crippen LogP contribution is -2.10. The molecule has 6 nitrogen and oxygen atoms in total. The van der Waals surface area contributed by atoms with E-state index in [9.17, 15) is 9.90 Å². The van der Waals surface area contributed by atoms with E-state index in [1.54, 1.807) is 18.2 Å². The molecule has 3 aromatic rings. The van der Waals surface area contributed by atoms with E-state index in [1.807, 2.05) is 30.3 Å². The van der Waals surface area contributed by atoms with E-state index < -0.39 is 0 Å². The topological polar surface area (TPSA) is 91.0 Å². The number of carbonyl (C=O) groups is 1. The predicted octanol–water partition coefficient (Wildman–Crippen LogP) is 3.49. The molecule has 4 rings (SSSR count). The van der Waals surface area contributed by atoms with Gasteiger partial charge in [0.25, 0.3) is 0 Å². The summed E-state index contributed by atoms with van der Waals surface area (Å²) in [7, 11) is 1.36. The van der Waals surface area contributed by atoms with Crippen LogP contribution in [0.1, 0.15) is 27.8 Å². The molecule has 6 heteroatoms. The van der Waals surface area contributed by atoms with Crippen LogP contribution in [-0.4, -0.2) is 18.2 Å². The van der Waals surface area contributed by atoms with Crippen LogP contribution < -0.4 is 15.2 Å². The van der Waals surface area contributed by atoms with E-state index in [4.69, 9.17) is 19.9 Å². The number of fused-ring (bicyclic) bond motifs is 3. The summed E-state index contributed by atoms with van der Waals surface area (Å²) in [5, 5.41) is 9.47. The van der Waals surface area contributed by atoms with Gasteiger partial charge in [-0.15, -0.1) is 0 Å². The van der Waals surface area contributed by atoms with Crippen LogP contribution in [0.3, 0.4) is 0 Å². The summed E-state index contributed by atoms with van der Waals surface area (Å²) in [5.41, 5.74) is 12.5. The van der Waals surface area contributed by atoms with Gasteiger partial charge in [-0.1, -0.05) is 42.5 Å². The summed E-state index contributed by atoms with van der Waals surface area (Å²) >= 11 is 0. The minimum absolute atomic E-state index is 0.103. The molecule has 0 bridgehead atoms. The highest BCUT2D eigenvalue weighted by molar-refractivity contribution is 5.77. The first-order valence-corrected chi connectivity index (χ1v) is 10.1. The van der Waals surface area contributed by atoms with E-state index in [2.05, 4.69) is 6.07 Å². The largest absolute Gasteiger partial charge is 0.489 e. The molecule has 0 amide bonds. The number of rotatable bonds is 7. The van der Waals surface area contributed by atoms with Gasteiger partial charge in [-0.25, -0.2) is 0 Å². The number of nitrogens with two attached hydrogens (primary N) is 1. The Bertz CT molecular complexity index is 1110. The first kappa shape index (κ1) is 20.9. The van der Waals surface area contributed by atoms with Crippen LogP contribution >= 0.6 is 0 Å². The van der Waals surface area contributed by atoms with Crippen LogP contribution in [-0.2, 0) is 42.3 Å². The van der Waals surface area contributed by atoms with Crippen molar-refractivity contribution >= 4 is 5.97 Å². The summed E-state index contributed by atoms with van der Waals surface area (Å²) in [6.45, 7) is 1.14. The van der Waals surface area contributed by atoms with Gasteiger partial charge in [0.1, 0.15) is 24.7 Å². The normalized spacial score (nSPS) is 11.8. The van der Waals surface area contributed by atoms with Crippen LogP contribution in [0.2, 0.25) is 0 Å². The third-order valence-corrected chi connectivity index (χ3v) is 5.42. The molecule has 0 unspecified atom stereocenters. The van der Waals surface area contributed by atoms with Gasteiger partial charge in [0, 0.05) is 23.2 Å². The summed E-state index contributed by atoms with van der Waals surface area (Å²) in [5.74, 6) is 1.05. The number of aliphatic hydroxyl groups excluding tert-OH is 1. The third-order valence-electron chi connectivity index (χ3n) is 5.42. The molecule has 3 aromatic carbocycles. The zero-order valence-corrected chi connectivity index (χ0v) is 17.4. The number of benzene rings is 3. The van der Waals surface area contributed by atoms with Gasteiger partial charge < -0.3 is 25.1 Å². The van der Waals surface area contributed by atoms with Gasteiger partial charge in [0.15, 0.2) is 0 Å². The highest BCUT2D eigenvalue weighted by atomic mass is 16.5. The molecule has 0 atom stereocenters. The maximum absolute atomic E-state index is 11.7. The van der Waals surface area contributed by atoms with Crippen molar-refractivity contribution in [1.82, 2.24) is 0 Å². The van der Waals surface area contributed by atoms with Crippen molar-refractivity contribution in [2.24, 2.45) is 5.73 Å². The molecular weight excluding hydrogens is 394 g/mol. The second kappa shape index (κ2) is 9.20. The van der Waals surface area contributed by atoms with Crippen molar-refractivity contribution in [3.8, 4) is 22.6 Å². The average Bonchev–Trinajstić information content (AvgIpc) is 2.82. The van der Waals surface area contributed by atoms with E-state index in [-0.39, 0.29) is 19.0 Å². The fourth-order valence-electron chi connectivity index (χ4n) is 3.73. The van der Waals surface area contributed by atoms with Crippen LogP contribution in [0, 0.1) is 0 Å². The highest BCUT2D eigenvalue weighted by Crippen LogP contribution is 2.40. The lowest BCUT2D eigenvalue weighted by atomic mass is 9.93. The molecule has 0 saturated heterocycles. The van der Waals surface area contributed by atoms with Gasteiger partial charge in [-0.2, -0.15) is 0 Å². The Morgan fingerprint density at radius 2 is 1.90 bits per heavy atom. The Morgan fingerprint density at radius 3 is 2.68 bits per heavy atom. The van der Waals surface area contributed by atoms with Crippen molar-refractivity contribution in [3.63, 3.8) is 0 Å². The molecule has 1 aliphatic rings. The summed E-state index contributed by atoms with van der Waals surface area (Å²) in [4.78, 5) is 11.7. The highest BCUT2D eigenvalue weighted by Gasteiger charge is 2.20. The standard InChI is InChI=1S/C25H25NO5/c1-29-24(28)11-18-7-5-16(13-27)10-23(18)30-14-17-6-8-20-15-31-25-19(12-26)3-2-4-21(25)22(20)9-17/h2-10,27H,11-15,26H2,1H3. The van der Waals surface area contributed by atoms with Gasteiger partial charge in [-0.3, -0.25) is 4.79 Å².